The van der Waals surface area contributed by atoms with Crippen LogP contribution in [0.1, 0.15) is 5.69 Å². The van der Waals surface area contributed by atoms with Gasteiger partial charge in [-0.2, -0.15) is 0 Å². The van der Waals surface area contributed by atoms with Gasteiger partial charge in [-0.25, -0.2) is 0 Å². The van der Waals surface area contributed by atoms with Crippen molar-refractivity contribution in [1.82, 2.24) is 4.57 Å². The van der Waals surface area contributed by atoms with Crippen LogP contribution in [0.15, 0.2) is 47.5 Å². The fourth-order valence-electron chi connectivity index (χ4n) is 2.06. The fraction of sp³-hybridized carbons (Fsp3) is 0.0667. The molecule has 1 amide bonds. The highest BCUT2D eigenvalue weighted by Gasteiger charge is 2.33. The van der Waals surface area contributed by atoms with E-state index in [2.05, 4.69) is 0 Å². The Kier molecular flexibility index (Phi) is 3.89. The van der Waals surface area contributed by atoms with E-state index in [9.17, 15) is 4.79 Å². The number of thiocarbonyl (C=S) groups is 1. The molecule has 21 heavy (non-hydrogen) atoms. The molecule has 1 aromatic carbocycles. The summed E-state index contributed by atoms with van der Waals surface area (Å²) >= 11 is 12.6. The van der Waals surface area contributed by atoms with Gasteiger partial charge in [0.25, 0.3) is 5.91 Å². The van der Waals surface area contributed by atoms with E-state index in [4.69, 9.17) is 23.8 Å². The maximum Gasteiger partial charge on any atom is 0.270 e. The van der Waals surface area contributed by atoms with Crippen LogP contribution in [0.5, 0.6) is 0 Å². The highest BCUT2D eigenvalue weighted by molar-refractivity contribution is 8.27. The Morgan fingerprint density at radius 1 is 1.29 bits per heavy atom. The first kappa shape index (κ1) is 14.4. The van der Waals surface area contributed by atoms with Gasteiger partial charge in [0.05, 0.1) is 10.6 Å². The molecule has 0 radical (unpaired) electrons. The number of hydrogen-bond acceptors (Lipinski definition) is 3. The lowest BCUT2D eigenvalue weighted by Gasteiger charge is -2.14. The second kappa shape index (κ2) is 5.67. The molecule has 1 aliphatic rings. The molecule has 0 unspecified atom stereocenters. The van der Waals surface area contributed by atoms with Crippen LogP contribution in [0.2, 0.25) is 5.02 Å². The zero-order chi connectivity index (χ0) is 15.0. The lowest BCUT2D eigenvalue weighted by Crippen LogP contribution is -2.27. The van der Waals surface area contributed by atoms with E-state index >= 15 is 0 Å². The molecule has 0 aliphatic carbocycles. The van der Waals surface area contributed by atoms with Crippen molar-refractivity contribution >= 4 is 57.6 Å². The Bertz CT molecular complexity index is 767. The zero-order valence-corrected chi connectivity index (χ0v) is 13.5. The number of nitrogens with zero attached hydrogens (tertiary/aromatic N) is 2. The van der Waals surface area contributed by atoms with Crippen LogP contribution in [0.25, 0.3) is 6.08 Å². The van der Waals surface area contributed by atoms with Gasteiger partial charge in [0.15, 0.2) is 4.32 Å². The molecule has 2 heterocycles. The molecule has 3 rings (SSSR count). The molecule has 1 aromatic heterocycles. The normalized spacial score (nSPS) is 17.0. The summed E-state index contributed by atoms with van der Waals surface area (Å²) in [5.41, 5.74) is 1.65. The highest BCUT2D eigenvalue weighted by atomic mass is 35.5. The van der Waals surface area contributed by atoms with Crippen molar-refractivity contribution in [2.24, 2.45) is 7.05 Å². The molecular formula is C15H11ClN2OS2. The number of hydrogen-bond donors (Lipinski definition) is 0. The molecule has 0 spiro atoms. The van der Waals surface area contributed by atoms with Crippen molar-refractivity contribution in [1.29, 1.82) is 0 Å². The van der Waals surface area contributed by atoms with E-state index < -0.39 is 0 Å². The summed E-state index contributed by atoms with van der Waals surface area (Å²) in [5.74, 6) is -0.117. The summed E-state index contributed by atoms with van der Waals surface area (Å²) in [4.78, 5) is 14.7. The van der Waals surface area contributed by atoms with E-state index in [1.807, 2.05) is 42.1 Å². The summed E-state index contributed by atoms with van der Waals surface area (Å²) < 4.78 is 2.47. The van der Waals surface area contributed by atoms with E-state index in [1.54, 1.807) is 18.2 Å². The van der Waals surface area contributed by atoms with Gasteiger partial charge in [0.1, 0.15) is 0 Å². The lowest BCUT2D eigenvalue weighted by atomic mass is 10.3. The molecule has 0 N–H and O–H groups in total. The van der Waals surface area contributed by atoms with Crippen LogP contribution in [-0.4, -0.2) is 14.8 Å². The Labute approximate surface area is 137 Å². The van der Waals surface area contributed by atoms with Crippen molar-refractivity contribution in [3.63, 3.8) is 0 Å². The van der Waals surface area contributed by atoms with Crippen LogP contribution in [0, 0.1) is 0 Å². The summed E-state index contributed by atoms with van der Waals surface area (Å²) in [7, 11) is 1.93. The van der Waals surface area contributed by atoms with Crippen molar-refractivity contribution in [2.45, 2.75) is 0 Å². The Balaban J connectivity index is 1.96. The first-order valence-corrected chi connectivity index (χ1v) is 7.81. The van der Waals surface area contributed by atoms with Crippen molar-refractivity contribution < 1.29 is 4.79 Å². The quantitative estimate of drug-likeness (QED) is 0.611. The molecule has 106 valence electrons. The van der Waals surface area contributed by atoms with E-state index in [0.717, 1.165) is 5.69 Å². The van der Waals surface area contributed by atoms with E-state index in [1.165, 1.54) is 16.7 Å². The smallest absolute Gasteiger partial charge is 0.270 e. The Morgan fingerprint density at radius 3 is 2.76 bits per heavy atom. The predicted octanol–water partition coefficient (Wildman–Crippen LogP) is 4.08. The third kappa shape index (κ3) is 2.77. The number of thioether (sulfide) groups is 1. The molecular weight excluding hydrogens is 324 g/mol. The molecule has 2 aromatic rings. The van der Waals surface area contributed by atoms with Gasteiger partial charge in [-0.15, -0.1) is 0 Å². The van der Waals surface area contributed by atoms with Crippen molar-refractivity contribution in [3.05, 3.63) is 58.2 Å². The average molecular weight is 335 g/mol. The van der Waals surface area contributed by atoms with Gasteiger partial charge in [-0.05, 0) is 36.4 Å². The van der Waals surface area contributed by atoms with Crippen LogP contribution >= 0.6 is 35.6 Å². The summed E-state index contributed by atoms with van der Waals surface area (Å²) in [6.45, 7) is 0. The SMILES string of the molecule is Cn1cccc1/C=C1\SC(=S)N(c2cccc(Cl)c2)C1=O. The van der Waals surface area contributed by atoms with Crippen LogP contribution < -0.4 is 4.90 Å². The number of halogens is 1. The molecule has 0 atom stereocenters. The molecule has 1 aliphatic heterocycles. The molecule has 0 saturated carbocycles. The third-order valence-corrected chi connectivity index (χ3v) is 4.66. The third-order valence-electron chi connectivity index (χ3n) is 3.12. The number of carbonyl (C=O) groups is 1. The number of amides is 1. The summed E-state index contributed by atoms with van der Waals surface area (Å²) in [5, 5.41) is 0.577. The summed E-state index contributed by atoms with van der Waals surface area (Å²) in [6.07, 6.45) is 3.79. The van der Waals surface area contributed by atoms with Crippen LogP contribution in [-0.2, 0) is 11.8 Å². The highest BCUT2D eigenvalue weighted by Crippen LogP contribution is 2.36. The molecule has 1 fully saturated rings. The number of anilines is 1. The predicted molar refractivity (Wildman–Crippen MR) is 92.5 cm³/mol. The van der Waals surface area contributed by atoms with Gasteiger partial charge in [0.2, 0.25) is 0 Å². The van der Waals surface area contributed by atoms with Gasteiger partial charge in [-0.1, -0.05) is 41.6 Å². The van der Waals surface area contributed by atoms with Crippen LogP contribution in [0.4, 0.5) is 5.69 Å². The first-order chi connectivity index (χ1) is 10.1. The molecule has 3 nitrogen and oxygen atoms in total. The largest absolute Gasteiger partial charge is 0.351 e. The number of benzene rings is 1. The number of aryl methyl sites for hydroxylation is 1. The topological polar surface area (TPSA) is 25.2 Å². The van der Waals surface area contributed by atoms with Crippen molar-refractivity contribution in [2.75, 3.05) is 4.90 Å². The standard InChI is InChI=1S/C15H11ClN2OS2/c1-17-7-3-6-11(17)9-13-14(19)18(15(20)21-13)12-5-2-4-10(16)8-12/h2-9H,1H3/b13-9-. The number of aromatic nitrogens is 1. The van der Waals surface area contributed by atoms with Gasteiger partial charge >= 0.3 is 0 Å². The average Bonchev–Trinajstić information content (AvgIpc) is 2.95. The minimum Gasteiger partial charge on any atom is -0.351 e. The Morgan fingerprint density at radius 2 is 2.10 bits per heavy atom. The Hall–Kier alpha value is -1.56. The van der Waals surface area contributed by atoms with Gasteiger partial charge < -0.3 is 4.57 Å². The number of carbonyl (C=O) groups excluding carboxylic acids is 1. The summed E-state index contributed by atoms with van der Waals surface area (Å²) in [6, 6.07) is 11.0. The minimum atomic E-state index is -0.117. The van der Waals surface area contributed by atoms with Crippen LogP contribution in [0.3, 0.4) is 0 Å². The monoisotopic (exact) mass is 334 g/mol. The number of rotatable bonds is 2. The second-order valence-corrected chi connectivity index (χ2v) is 6.65. The maximum atomic E-state index is 12.6. The molecule has 1 saturated heterocycles. The molecule has 6 heteroatoms. The lowest BCUT2D eigenvalue weighted by molar-refractivity contribution is -0.113. The van der Waals surface area contributed by atoms with E-state index in [-0.39, 0.29) is 5.91 Å². The maximum absolute atomic E-state index is 12.6. The second-order valence-electron chi connectivity index (χ2n) is 4.54. The van der Waals surface area contributed by atoms with E-state index in [0.29, 0.717) is 19.9 Å². The zero-order valence-electron chi connectivity index (χ0n) is 11.1. The fourth-order valence-corrected chi connectivity index (χ4v) is 3.53. The van der Waals surface area contributed by atoms with Gasteiger partial charge in [-0.3, -0.25) is 9.69 Å². The van der Waals surface area contributed by atoms with Gasteiger partial charge in [0, 0.05) is 24.0 Å². The van der Waals surface area contributed by atoms with Crippen molar-refractivity contribution in [3.8, 4) is 0 Å². The first-order valence-electron chi connectivity index (χ1n) is 6.21. The molecule has 0 bridgehead atoms. The minimum absolute atomic E-state index is 0.117.